The monoisotopic (exact) mass is 364 g/mol. The molecule has 0 amide bonds. The van der Waals surface area contributed by atoms with Crippen LogP contribution in [0.4, 0.5) is 11.6 Å². The average molecular weight is 364 g/mol. The van der Waals surface area contributed by atoms with E-state index in [4.69, 9.17) is 0 Å². The van der Waals surface area contributed by atoms with Crippen molar-refractivity contribution in [1.82, 2.24) is 19.7 Å². The van der Waals surface area contributed by atoms with E-state index >= 15 is 0 Å². The standard InChI is InChI=1S/C20H24N6O/c27-14-18-6-2-9-26(18)20-11-19(22-15-23-20)21-12-16-4-1-5-17(10-16)13-25-8-3-7-24-25/h1,3-5,7-8,10-11,15,18,27H,2,6,9,12-14H2,(H,21,22,23). The van der Waals surface area contributed by atoms with E-state index in [0.717, 1.165) is 37.6 Å². The Kier molecular flexibility index (Phi) is 5.29. The highest BCUT2D eigenvalue weighted by Crippen LogP contribution is 2.24. The maximum Gasteiger partial charge on any atom is 0.134 e. The molecule has 0 saturated carbocycles. The summed E-state index contributed by atoms with van der Waals surface area (Å²) < 4.78 is 1.91. The quantitative estimate of drug-likeness (QED) is 0.670. The molecule has 7 nitrogen and oxygen atoms in total. The van der Waals surface area contributed by atoms with Crippen molar-refractivity contribution in [1.29, 1.82) is 0 Å². The molecule has 1 aromatic carbocycles. The second-order valence-corrected chi connectivity index (χ2v) is 6.81. The summed E-state index contributed by atoms with van der Waals surface area (Å²) in [5.41, 5.74) is 2.40. The van der Waals surface area contributed by atoms with Gasteiger partial charge in [0.2, 0.25) is 0 Å². The molecule has 1 fully saturated rings. The molecule has 3 aromatic rings. The Morgan fingerprint density at radius 1 is 1.15 bits per heavy atom. The van der Waals surface area contributed by atoms with Crippen LogP contribution in [0.2, 0.25) is 0 Å². The van der Waals surface area contributed by atoms with Gasteiger partial charge in [-0.05, 0) is 30.0 Å². The number of nitrogens with one attached hydrogen (secondary N) is 1. The number of anilines is 2. The molecule has 0 aliphatic carbocycles. The molecule has 1 aliphatic rings. The summed E-state index contributed by atoms with van der Waals surface area (Å²) in [5, 5.41) is 17.2. The molecule has 4 rings (SSSR count). The van der Waals surface area contributed by atoms with Crippen molar-refractivity contribution in [2.75, 3.05) is 23.4 Å². The maximum atomic E-state index is 9.53. The van der Waals surface area contributed by atoms with Gasteiger partial charge in [0.05, 0.1) is 19.2 Å². The highest BCUT2D eigenvalue weighted by atomic mass is 16.3. The van der Waals surface area contributed by atoms with Gasteiger partial charge in [-0.15, -0.1) is 0 Å². The Bertz CT molecular complexity index is 866. The van der Waals surface area contributed by atoms with Crippen molar-refractivity contribution in [3.63, 3.8) is 0 Å². The van der Waals surface area contributed by atoms with Crippen LogP contribution in [0.15, 0.2) is 55.1 Å². The van der Waals surface area contributed by atoms with E-state index in [0.29, 0.717) is 6.54 Å². The van der Waals surface area contributed by atoms with Crippen molar-refractivity contribution >= 4 is 11.6 Å². The molecule has 0 bridgehead atoms. The fourth-order valence-electron chi connectivity index (χ4n) is 3.54. The zero-order valence-electron chi connectivity index (χ0n) is 15.2. The van der Waals surface area contributed by atoms with Gasteiger partial charge in [-0.2, -0.15) is 5.10 Å². The van der Waals surface area contributed by atoms with Crippen LogP contribution in [0.5, 0.6) is 0 Å². The van der Waals surface area contributed by atoms with Gasteiger partial charge in [-0.25, -0.2) is 9.97 Å². The molecule has 140 valence electrons. The first-order chi connectivity index (χ1) is 13.3. The second kappa shape index (κ2) is 8.18. The molecule has 0 radical (unpaired) electrons. The van der Waals surface area contributed by atoms with Gasteiger partial charge in [0.1, 0.15) is 18.0 Å². The number of nitrogens with zero attached hydrogens (tertiary/aromatic N) is 5. The second-order valence-electron chi connectivity index (χ2n) is 6.81. The minimum atomic E-state index is 0.159. The highest BCUT2D eigenvalue weighted by Gasteiger charge is 2.25. The van der Waals surface area contributed by atoms with E-state index in [1.54, 1.807) is 12.5 Å². The fraction of sp³-hybridized carbons (Fsp3) is 0.350. The third-order valence-electron chi connectivity index (χ3n) is 4.90. The predicted molar refractivity (Wildman–Crippen MR) is 105 cm³/mol. The smallest absolute Gasteiger partial charge is 0.134 e. The van der Waals surface area contributed by atoms with E-state index in [2.05, 4.69) is 49.5 Å². The van der Waals surface area contributed by atoms with Gasteiger partial charge < -0.3 is 15.3 Å². The molecule has 1 saturated heterocycles. The van der Waals surface area contributed by atoms with Gasteiger partial charge in [0.15, 0.2) is 0 Å². The molecular formula is C20H24N6O. The summed E-state index contributed by atoms with van der Waals surface area (Å²) in [5.74, 6) is 1.66. The summed E-state index contributed by atoms with van der Waals surface area (Å²) in [4.78, 5) is 10.9. The van der Waals surface area contributed by atoms with Gasteiger partial charge in [0.25, 0.3) is 0 Å². The highest BCUT2D eigenvalue weighted by molar-refractivity contribution is 5.50. The molecule has 1 aliphatic heterocycles. The molecule has 2 aromatic heterocycles. The molecule has 1 atom stereocenters. The van der Waals surface area contributed by atoms with Crippen molar-refractivity contribution < 1.29 is 5.11 Å². The Balaban J connectivity index is 1.41. The van der Waals surface area contributed by atoms with Crippen LogP contribution in [0.25, 0.3) is 0 Å². The lowest BCUT2D eigenvalue weighted by Crippen LogP contribution is -2.32. The maximum absolute atomic E-state index is 9.53. The van der Waals surface area contributed by atoms with Crippen LogP contribution in [0.3, 0.4) is 0 Å². The summed E-state index contributed by atoms with van der Waals surface area (Å²) in [6.45, 7) is 2.54. The Hall–Kier alpha value is -2.93. The minimum Gasteiger partial charge on any atom is -0.394 e. The van der Waals surface area contributed by atoms with Crippen LogP contribution in [0.1, 0.15) is 24.0 Å². The number of aliphatic hydroxyl groups excluding tert-OH is 1. The number of aliphatic hydroxyl groups is 1. The van der Waals surface area contributed by atoms with Crippen LogP contribution in [0, 0.1) is 0 Å². The summed E-state index contributed by atoms with van der Waals surface area (Å²) in [6.07, 6.45) is 7.43. The summed E-state index contributed by atoms with van der Waals surface area (Å²) in [6, 6.07) is 12.5. The number of hydrogen-bond acceptors (Lipinski definition) is 6. The van der Waals surface area contributed by atoms with E-state index < -0.39 is 0 Å². The molecular weight excluding hydrogens is 340 g/mol. The van der Waals surface area contributed by atoms with Crippen molar-refractivity contribution in [3.05, 3.63) is 66.2 Å². The number of rotatable bonds is 7. The van der Waals surface area contributed by atoms with Gasteiger partial charge in [-0.3, -0.25) is 4.68 Å². The molecule has 27 heavy (non-hydrogen) atoms. The number of hydrogen-bond donors (Lipinski definition) is 2. The van der Waals surface area contributed by atoms with Gasteiger partial charge in [-0.1, -0.05) is 24.3 Å². The molecule has 3 heterocycles. The molecule has 0 spiro atoms. The van der Waals surface area contributed by atoms with Gasteiger partial charge >= 0.3 is 0 Å². The summed E-state index contributed by atoms with van der Waals surface area (Å²) in [7, 11) is 0. The first-order valence-electron chi connectivity index (χ1n) is 9.30. The van der Waals surface area contributed by atoms with Crippen LogP contribution < -0.4 is 10.2 Å². The average Bonchev–Trinajstić information content (AvgIpc) is 3.38. The minimum absolute atomic E-state index is 0.159. The zero-order chi connectivity index (χ0) is 18.5. The largest absolute Gasteiger partial charge is 0.394 e. The lowest BCUT2D eigenvalue weighted by atomic mass is 10.1. The number of aromatic nitrogens is 4. The third kappa shape index (κ3) is 4.25. The Labute approximate surface area is 158 Å². The normalized spacial score (nSPS) is 16.6. The summed E-state index contributed by atoms with van der Waals surface area (Å²) >= 11 is 0. The van der Waals surface area contributed by atoms with Crippen molar-refractivity contribution in [2.45, 2.75) is 32.0 Å². The molecule has 7 heteroatoms. The number of benzene rings is 1. The lowest BCUT2D eigenvalue weighted by Gasteiger charge is -2.24. The van der Waals surface area contributed by atoms with E-state index in [1.807, 2.05) is 23.0 Å². The Morgan fingerprint density at radius 2 is 2.07 bits per heavy atom. The Morgan fingerprint density at radius 3 is 2.93 bits per heavy atom. The van der Waals surface area contributed by atoms with Crippen molar-refractivity contribution in [2.24, 2.45) is 0 Å². The first-order valence-corrected chi connectivity index (χ1v) is 9.30. The first kappa shape index (κ1) is 17.5. The van der Waals surface area contributed by atoms with Crippen molar-refractivity contribution in [3.8, 4) is 0 Å². The van der Waals surface area contributed by atoms with E-state index in [1.165, 1.54) is 11.1 Å². The molecule has 1 unspecified atom stereocenters. The SMILES string of the molecule is OCC1CCCN1c1cc(NCc2cccc(Cn3cccn3)c2)ncn1. The van der Waals surface area contributed by atoms with Crippen LogP contribution >= 0.6 is 0 Å². The van der Waals surface area contributed by atoms with Gasteiger partial charge in [0, 0.05) is 31.5 Å². The zero-order valence-corrected chi connectivity index (χ0v) is 15.2. The fourth-order valence-corrected chi connectivity index (χ4v) is 3.54. The van der Waals surface area contributed by atoms with Crippen LogP contribution in [-0.2, 0) is 13.1 Å². The third-order valence-corrected chi connectivity index (χ3v) is 4.90. The molecule has 2 N–H and O–H groups in total. The topological polar surface area (TPSA) is 79.1 Å². The van der Waals surface area contributed by atoms with E-state index in [-0.39, 0.29) is 12.6 Å². The predicted octanol–water partition coefficient (Wildman–Crippen LogP) is 2.29. The lowest BCUT2D eigenvalue weighted by molar-refractivity contribution is 0.266. The van der Waals surface area contributed by atoms with Crippen LogP contribution in [-0.4, -0.2) is 44.0 Å². The van der Waals surface area contributed by atoms with E-state index in [9.17, 15) is 5.11 Å².